The highest BCUT2D eigenvalue weighted by Gasteiger charge is 2.30. The van der Waals surface area contributed by atoms with Crippen LogP contribution in [0.3, 0.4) is 0 Å². The van der Waals surface area contributed by atoms with E-state index < -0.39 is 97.5 Å². The van der Waals surface area contributed by atoms with Crippen LogP contribution in [-0.2, 0) is 65.4 Å². The first kappa shape index (κ1) is 90.1. The van der Waals surface area contributed by atoms with E-state index in [1.807, 2.05) is 0 Å². The van der Waals surface area contributed by atoms with Gasteiger partial charge < -0.3 is 33.8 Å². The average molecular weight is 1350 g/mol. The first-order chi connectivity index (χ1) is 44.5. The number of carbonyl (C=O) groups excluding carboxylic acids is 4. The first-order valence-electron chi connectivity index (χ1n) is 38.1. The summed E-state index contributed by atoms with van der Waals surface area (Å²) in [6, 6.07) is 0. The number of phosphoric ester groups is 2. The van der Waals surface area contributed by atoms with E-state index in [1.54, 1.807) is 0 Å². The monoisotopic (exact) mass is 1350 g/mol. The third kappa shape index (κ3) is 66.7. The van der Waals surface area contributed by atoms with Gasteiger partial charge in [-0.1, -0.05) is 330 Å². The Bertz CT molecular complexity index is 1770. The number of aliphatic hydroxyl groups is 1. The van der Waals surface area contributed by atoms with Crippen LogP contribution in [0.1, 0.15) is 381 Å². The van der Waals surface area contributed by atoms with Gasteiger partial charge in [-0.3, -0.25) is 37.3 Å². The number of rotatable bonds is 73. The lowest BCUT2D eigenvalue weighted by Gasteiger charge is -2.21. The fourth-order valence-electron chi connectivity index (χ4n) is 11.2. The van der Waals surface area contributed by atoms with Crippen LogP contribution in [0.4, 0.5) is 0 Å². The smallest absolute Gasteiger partial charge is 0.462 e. The van der Waals surface area contributed by atoms with E-state index in [2.05, 4.69) is 34.6 Å². The van der Waals surface area contributed by atoms with E-state index in [0.717, 1.165) is 95.8 Å². The van der Waals surface area contributed by atoms with Crippen molar-refractivity contribution in [1.82, 2.24) is 0 Å². The van der Waals surface area contributed by atoms with Gasteiger partial charge in [0.2, 0.25) is 0 Å². The third-order valence-corrected chi connectivity index (χ3v) is 18.9. The molecule has 0 aliphatic rings. The van der Waals surface area contributed by atoms with Crippen LogP contribution in [0.5, 0.6) is 0 Å². The van der Waals surface area contributed by atoms with Gasteiger partial charge in [0.15, 0.2) is 12.2 Å². The molecule has 0 bridgehead atoms. The van der Waals surface area contributed by atoms with Crippen LogP contribution in [0.15, 0.2) is 0 Å². The maximum Gasteiger partial charge on any atom is 0.472 e. The molecule has 0 saturated heterocycles. The van der Waals surface area contributed by atoms with Gasteiger partial charge in [0.05, 0.1) is 26.4 Å². The van der Waals surface area contributed by atoms with Crippen molar-refractivity contribution in [3.63, 3.8) is 0 Å². The van der Waals surface area contributed by atoms with Crippen LogP contribution in [0, 0.1) is 5.92 Å². The minimum absolute atomic E-state index is 0.108. The Morgan fingerprint density at radius 2 is 0.500 bits per heavy atom. The summed E-state index contributed by atoms with van der Waals surface area (Å²) in [5.74, 6) is -1.36. The summed E-state index contributed by atoms with van der Waals surface area (Å²) in [5.41, 5.74) is 0. The van der Waals surface area contributed by atoms with E-state index in [4.69, 9.17) is 37.0 Å². The number of ether oxygens (including phenoxy) is 4. The summed E-state index contributed by atoms with van der Waals surface area (Å²) >= 11 is 0. The molecule has 19 heteroatoms. The van der Waals surface area contributed by atoms with Crippen molar-refractivity contribution in [2.45, 2.75) is 400 Å². The van der Waals surface area contributed by atoms with Crippen LogP contribution in [-0.4, -0.2) is 96.7 Å². The Kier molecular flexibility index (Phi) is 64.9. The standard InChI is InChI=1S/C73H142O17P2/c1-6-9-12-15-18-21-23-25-26-27-28-30-32-39-44-49-54-59-73(78)90-69(63-84-71(76)57-52-47-42-37-34-33-36-40-45-50-55-66(4)5)65-88-92(81,82)86-61-67(74)60-85-91(79,80)87-64-68(62-83-70(75)56-51-46-41-35-20-17-14-11-8-3)89-72(77)58-53-48-43-38-31-29-24-22-19-16-13-10-7-2/h66-69,74H,6-65H2,1-5H3,(H,79,80)(H,81,82)/t67-,68+,69+/m0/s1. The molecule has 92 heavy (non-hydrogen) atoms. The van der Waals surface area contributed by atoms with Crippen molar-refractivity contribution in [2.24, 2.45) is 5.92 Å². The van der Waals surface area contributed by atoms with Crippen LogP contribution in [0.2, 0.25) is 0 Å². The number of hydrogen-bond acceptors (Lipinski definition) is 15. The Balaban J connectivity index is 5.23. The van der Waals surface area contributed by atoms with Gasteiger partial charge in [-0.25, -0.2) is 9.13 Å². The molecule has 0 aliphatic carbocycles. The summed E-state index contributed by atoms with van der Waals surface area (Å²) in [5, 5.41) is 10.6. The lowest BCUT2D eigenvalue weighted by atomic mass is 10.0. The van der Waals surface area contributed by atoms with Crippen molar-refractivity contribution in [2.75, 3.05) is 39.6 Å². The number of carbonyl (C=O) groups is 4. The van der Waals surface area contributed by atoms with Gasteiger partial charge in [0.1, 0.15) is 19.3 Å². The van der Waals surface area contributed by atoms with Crippen LogP contribution in [0.25, 0.3) is 0 Å². The first-order valence-corrected chi connectivity index (χ1v) is 41.1. The van der Waals surface area contributed by atoms with Crippen molar-refractivity contribution >= 4 is 39.5 Å². The largest absolute Gasteiger partial charge is 0.472 e. The molecule has 17 nitrogen and oxygen atoms in total. The van der Waals surface area contributed by atoms with Crippen molar-refractivity contribution in [3.8, 4) is 0 Å². The minimum Gasteiger partial charge on any atom is -0.462 e. The molecule has 0 rings (SSSR count). The molecule has 2 unspecified atom stereocenters. The van der Waals surface area contributed by atoms with Crippen molar-refractivity contribution in [3.05, 3.63) is 0 Å². The predicted octanol–water partition coefficient (Wildman–Crippen LogP) is 21.3. The summed E-state index contributed by atoms with van der Waals surface area (Å²) < 4.78 is 68.4. The lowest BCUT2D eigenvalue weighted by Crippen LogP contribution is -2.30. The molecule has 0 fully saturated rings. The second kappa shape index (κ2) is 66.3. The van der Waals surface area contributed by atoms with Crippen molar-refractivity contribution < 1.29 is 80.2 Å². The van der Waals surface area contributed by atoms with Crippen LogP contribution >= 0.6 is 15.6 Å². The molecule has 0 aromatic rings. The topological polar surface area (TPSA) is 237 Å². The average Bonchev–Trinajstić information content (AvgIpc) is 1.36. The Morgan fingerprint density at radius 1 is 0.293 bits per heavy atom. The molecule has 0 spiro atoms. The molecule has 0 saturated carbocycles. The molecule has 0 amide bonds. The molecule has 0 radical (unpaired) electrons. The Hall–Kier alpha value is -1.94. The van der Waals surface area contributed by atoms with Gasteiger partial charge in [-0.15, -0.1) is 0 Å². The highest BCUT2D eigenvalue weighted by molar-refractivity contribution is 7.47. The normalized spacial score (nSPS) is 14.0. The zero-order chi connectivity index (χ0) is 67.7. The fourth-order valence-corrected chi connectivity index (χ4v) is 12.8. The molecule has 0 aromatic heterocycles. The third-order valence-electron chi connectivity index (χ3n) is 17.0. The number of unbranched alkanes of at least 4 members (excludes halogenated alkanes) is 45. The SMILES string of the molecule is CCCCCCCCCCCCCCCCCCCC(=O)O[C@H](COC(=O)CCCCCCCCCCCCC(C)C)COP(=O)(O)OC[C@@H](O)COP(=O)(O)OC[C@@H](COC(=O)CCCCCCCCCCC)OC(=O)CCCCCCCCCCCCCCC. The van der Waals surface area contributed by atoms with E-state index in [0.29, 0.717) is 25.7 Å². The zero-order valence-electron chi connectivity index (χ0n) is 59.7. The molecule has 546 valence electrons. The molecular weight excluding hydrogens is 1210 g/mol. The van der Waals surface area contributed by atoms with E-state index >= 15 is 0 Å². The molecule has 0 aromatic carbocycles. The number of phosphoric acid groups is 2. The van der Waals surface area contributed by atoms with Gasteiger partial charge in [-0.05, 0) is 31.6 Å². The molecule has 0 heterocycles. The van der Waals surface area contributed by atoms with E-state index in [-0.39, 0.29) is 25.7 Å². The van der Waals surface area contributed by atoms with Gasteiger partial charge in [-0.2, -0.15) is 0 Å². The maximum absolute atomic E-state index is 13.1. The number of esters is 4. The minimum atomic E-state index is -4.95. The Morgan fingerprint density at radius 3 is 0.739 bits per heavy atom. The molecular formula is C73H142O17P2. The summed E-state index contributed by atoms with van der Waals surface area (Å²) in [7, 11) is -9.90. The highest BCUT2D eigenvalue weighted by atomic mass is 31.2. The highest BCUT2D eigenvalue weighted by Crippen LogP contribution is 2.45. The van der Waals surface area contributed by atoms with E-state index in [9.17, 15) is 43.2 Å². The van der Waals surface area contributed by atoms with Gasteiger partial charge >= 0.3 is 39.5 Å². The second-order valence-electron chi connectivity index (χ2n) is 26.8. The summed E-state index contributed by atoms with van der Waals surface area (Å²) in [6.45, 7) is 7.26. The zero-order valence-corrected chi connectivity index (χ0v) is 61.5. The maximum atomic E-state index is 13.1. The van der Waals surface area contributed by atoms with Gasteiger partial charge in [0, 0.05) is 25.7 Å². The molecule has 0 aliphatic heterocycles. The van der Waals surface area contributed by atoms with Gasteiger partial charge in [0.25, 0.3) is 0 Å². The Labute approximate surface area is 562 Å². The quantitative estimate of drug-likeness (QED) is 0.0222. The van der Waals surface area contributed by atoms with Crippen LogP contribution < -0.4 is 0 Å². The van der Waals surface area contributed by atoms with E-state index in [1.165, 1.54) is 205 Å². The van der Waals surface area contributed by atoms with Crippen molar-refractivity contribution in [1.29, 1.82) is 0 Å². The number of hydrogen-bond donors (Lipinski definition) is 3. The molecule has 5 atom stereocenters. The fraction of sp³-hybridized carbons (Fsp3) is 0.945. The predicted molar refractivity (Wildman–Crippen MR) is 372 cm³/mol. The number of aliphatic hydroxyl groups excluding tert-OH is 1. The lowest BCUT2D eigenvalue weighted by molar-refractivity contribution is -0.161. The second-order valence-corrected chi connectivity index (χ2v) is 29.7. The molecule has 3 N–H and O–H groups in total. The summed E-state index contributed by atoms with van der Waals surface area (Å²) in [4.78, 5) is 72.6. The summed E-state index contributed by atoms with van der Waals surface area (Å²) in [6.07, 6.45) is 54.0.